The van der Waals surface area contributed by atoms with Crippen LogP contribution in [0.15, 0.2) is 0 Å². The largest absolute Gasteiger partial charge is 0.315 e. The highest BCUT2D eigenvalue weighted by Gasteiger charge is 2.48. The third-order valence-electron chi connectivity index (χ3n) is 2.84. The molecule has 0 bridgehead atoms. The molecule has 1 heteroatoms. The summed E-state index contributed by atoms with van der Waals surface area (Å²) in [6.07, 6.45) is 8.02. The lowest BCUT2D eigenvalue weighted by Crippen LogP contribution is -2.37. The van der Waals surface area contributed by atoms with Gasteiger partial charge in [0.25, 0.3) is 0 Å². The minimum absolute atomic E-state index is 0.292. The Balaban J connectivity index is 2.22. The molecule has 2 atom stereocenters. The van der Waals surface area contributed by atoms with Gasteiger partial charge in [0.1, 0.15) is 0 Å². The topological polar surface area (TPSA) is 12.0 Å². The Kier molecular flexibility index (Phi) is 0.896. The number of terminal acetylenes is 1. The van der Waals surface area contributed by atoms with Gasteiger partial charge in [-0.25, -0.2) is 0 Å². The van der Waals surface area contributed by atoms with Gasteiger partial charge < -0.3 is 5.32 Å². The van der Waals surface area contributed by atoms with E-state index in [1.165, 1.54) is 12.8 Å². The molecule has 2 fully saturated rings. The van der Waals surface area contributed by atoms with E-state index in [0.29, 0.717) is 5.41 Å². The second-order valence-electron chi connectivity index (χ2n) is 3.17. The molecule has 2 unspecified atom stereocenters. The van der Waals surface area contributed by atoms with Crippen molar-refractivity contribution < 1.29 is 0 Å². The minimum Gasteiger partial charge on any atom is -0.315 e. The molecule has 1 saturated carbocycles. The first-order chi connectivity index (χ1) is 4.37. The van der Waals surface area contributed by atoms with E-state index in [2.05, 4.69) is 11.2 Å². The summed E-state index contributed by atoms with van der Waals surface area (Å²) in [5.74, 6) is 3.72. The predicted molar refractivity (Wildman–Crippen MR) is 36.9 cm³/mol. The van der Waals surface area contributed by atoms with Gasteiger partial charge in [-0.1, -0.05) is 5.92 Å². The lowest BCUT2D eigenvalue weighted by atomic mass is 9.63. The molecule has 0 aromatic heterocycles. The van der Waals surface area contributed by atoms with Crippen molar-refractivity contribution in [3.05, 3.63) is 0 Å². The fraction of sp³-hybridized carbons (Fsp3) is 0.750. The van der Waals surface area contributed by atoms with Crippen LogP contribution in [0.2, 0.25) is 0 Å². The zero-order valence-electron chi connectivity index (χ0n) is 5.48. The molecule has 2 aliphatic rings. The van der Waals surface area contributed by atoms with Crippen LogP contribution in [0, 0.1) is 23.7 Å². The third kappa shape index (κ3) is 0.495. The van der Waals surface area contributed by atoms with Crippen LogP contribution in [-0.4, -0.2) is 13.1 Å². The van der Waals surface area contributed by atoms with Crippen LogP contribution >= 0.6 is 0 Å². The van der Waals surface area contributed by atoms with Crippen molar-refractivity contribution in [2.45, 2.75) is 12.8 Å². The molecule has 0 aromatic carbocycles. The van der Waals surface area contributed by atoms with Gasteiger partial charge in [-0.2, -0.15) is 0 Å². The first-order valence-corrected chi connectivity index (χ1v) is 3.56. The van der Waals surface area contributed by atoms with E-state index in [4.69, 9.17) is 6.42 Å². The highest BCUT2D eigenvalue weighted by atomic mass is 15.0. The van der Waals surface area contributed by atoms with E-state index in [9.17, 15) is 0 Å². The van der Waals surface area contributed by atoms with Gasteiger partial charge in [0.2, 0.25) is 0 Å². The molecule has 1 heterocycles. The normalized spacial score (nSPS) is 47.2. The molecule has 1 aliphatic carbocycles. The summed E-state index contributed by atoms with van der Waals surface area (Å²) in [5, 5.41) is 3.33. The average Bonchev–Trinajstić information content (AvgIpc) is 2.10. The lowest BCUT2D eigenvalue weighted by molar-refractivity contribution is 0.160. The fourth-order valence-electron chi connectivity index (χ4n) is 1.94. The van der Waals surface area contributed by atoms with Crippen molar-refractivity contribution in [2.75, 3.05) is 13.1 Å². The van der Waals surface area contributed by atoms with Crippen molar-refractivity contribution >= 4 is 0 Å². The van der Waals surface area contributed by atoms with Crippen LogP contribution in [0.4, 0.5) is 0 Å². The van der Waals surface area contributed by atoms with Crippen LogP contribution in [0.25, 0.3) is 0 Å². The Morgan fingerprint density at radius 2 is 2.56 bits per heavy atom. The van der Waals surface area contributed by atoms with E-state index in [1.54, 1.807) is 0 Å². The van der Waals surface area contributed by atoms with Crippen LogP contribution in [-0.2, 0) is 0 Å². The molecule has 0 spiro atoms. The second kappa shape index (κ2) is 1.52. The van der Waals surface area contributed by atoms with E-state index in [0.717, 1.165) is 19.0 Å². The van der Waals surface area contributed by atoms with Gasteiger partial charge in [0, 0.05) is 12.0 Å². The van der Waals surface area contributed by atoms with E-state index >= 15 is 0 Å². The maximum Gasteiger partial charge on any atom is 0.0476 e. The highest BCUT2D eigenvalue weighted by molar-refractivity contribution is 5.18. The zero-order valence-corrected chi connectivity index (χ0v) is 5.48. The van der Waals surface area contributed by atoms with Crippen molar-refractivity contribution in [3.8, 4) is 12.3 Å². The Morgan fingerprint density at radius 1 is 1.67 bits per heavy atom. The summed E-state index contributed by atoms with van der Waals surface area (Å²) >= 11 is 0. The van der Waals surface area contributed by atoms with Crippen LogP contribution in [0.5, 0.6) is 0 Å². The number of rotatable bonds is 0. The van der Waals surface area contributed by atoms with Crippen molar-refractivity contribution in [1.82, 2.24) is 5.32 Å². The quantitative estimate of drug-likeness (QED) is 0.463. The third-order valence-corrected chi connectivity index (χ3v) is 2.84. The Morgan fingerprint density at radius 3 is 2.89 bits per heavy atom. The number of hydrogen-bond donors (Lipinski definition) is 1. The van der Waals surface area contributed by atoms with Gasteiger partial charge >= 0.3 is 0 Å². The molecular formula is C8H11N. The van der Waals surface area contributed by atoms with Crippen LogP contribution < -0.4 is 5.32 Å². The van der Waals surface area contributed by atoms with E-state index in [1.807, 2.05) is 0 Å². The van der Waals surface area contributed by atoms with Crippen molar-refractivity contribution in [3.63, 3.8) is 0 Å². The molecule has 0 amide bonds. The van der Waals surface area contributed by atoms with Crippen molar-refractivity contribution in [2.24, 2.45) is 11.3 Å². The predicted octanol–water partition coefficient (Wildman–Crippen LogP) is 0.619. The molecule has 9 heavy (non-hydrogen) atoms. The highest BCUT2D eigenvalue weighted by Crippen LogP contribution is 2.48. The average molecular weight is 121 g/mol. The monoisotopic (exact) mass is 121 g/mol. The Hall–Kier alpha value is -0.480. The molecule has 1 nitrogen and oxygen atoms in total. The maximum absolute atomic E-state index is 5.42. The van der Waals surface area contributed by atoms with Crippen LogP contribution in [0.3, 0.4) is 0 Å². The maximum atomic E-state index is 5.42. The Bertz CT molecular complexity index is 168. The summed E-state index contributed by atoms with van der Waals surface area (Å²) < 4.78 is 0. The first-order valence-electron chi connectivity index (χ1n) is 3.56. The summed E-state index contributed by atoms with van der Waals surface area (Å²) in [6.45, 7) is 2.22. The molecule has 1 aliphatic heterocycles. The van der Waals surface area contributed by atoms with Crippen molar-refractivity contribution in [1.29, 1.82) is 0 Å². The summed E-state index contributed by atoms with van der Waals surface area (Å²) in [5.41, 5.74) is 0.292. The smallest absolute Gasteiger partial charge is 0.0476 e. The number of nitrogens with one attached hydrogen (secondary N) is 1. The molecule has 0 radical (unpaired) electrons. The van der Waals surface area contributed by atoms with E-state index < -0.39 is 0 Å². The SMILES string of the molecule is C#CC12CCC1CNC2. The van der Waals surface area contributed by atoms with Gasteiger partial charge in [-0.15, -0.1) is 6.42 Å². The molecule has 2 rings (SSSR count). The van der Waals surface area contributed by atoms with Crippen LogP contribution in [0.1, 0.15) is 12.8 Å². The summed E-state index contributed by atoms with van der Waals surface area (Å²) in [7, 11) is 0. The fourth-order valence-corrected chi connectivity index (χ4v) is 1.94. The molecule has 0 aromatic rings. The number of fused-ring (bicyclic) bond motifs is 1. The molecule has 1 N–H and O–H groups in total. The van der Waals surface area contributed by atoms with Gasteiger partial charge in [0.15, 0.2) is 0 Å². The Labute approximate surface area is 55.8 Å². The molecule has 1 saturated heterocycles. The van der Waals surface area contributed by atoms with E-state index in [-0.39, 0.29) is 0 Å². The zero-order chi connectivity index (χ0) is 6.32. The lowest BCUT2D eigenvalue weighted by Gasteiger charge is -2.39. The molecule has 48 valence electrons. The van der Waals surface area contributed by atoms with Gasteiger partial charge in [0.05, 0.1) is 0 Å². The summed E-state index contributed by atoms with van der Waals surface area (Å²) in [4.78, 5) is 0. The first kappa shape index (κ1) is 5.32. The van der Waals surface area contributed by atoms with Gasteiger partial charge in [-0.3, -0.25) is 0 Å². The number of hydrogen-bond acceptors (Lipinski definition) is 1. The standard InChI is InChI=1S/C8H11N/c1-2-8-4-3-7(8)5-9-6-8/h1,7,9H,3-6H2. The minimum atomic E-state index is 0.292. The summed E-state index contributed by atoms with van der Waals surface area (Å²) in [6, 6.07) is 0. The molecular weight excluding hydrogens is 110 g/mol. The second-order valence-corrected chi connectivity index (χ2v) is 3.17. The van der Waals surface area contributed by atoms with Gasteiger partial charge in [-0.05, 0) is 25.3 Å².